The van der Waals surface area contributed by atoms with E-state index in [1.165, 1.54) is 12.8 Å². The summed E-state index contributed by atoms with van der Waals surface area (Å²) < 4.78 is 11.3. The minimum atomic E-state index is 0.211. The first-order valence-corrected chi connectivity index (χ1v) is 6.61. The number of hydrogen-bond donors (Lipinski definition) is 1. The topological polar surface area (TPSA) is 41.9 Å². The van der Waals surface area contributed by atoms with Gasteiger partial charge in [-0.25, -0.2) is 0 Å². The number of aliphatic hydroxyl groups is 1. The molecule has 18 heavy (non-hydrogen) atoms. The highest BCUT2D eigenvalue weighted by Crippen LogP contribution is 2.36. The third-order valence-corrected chi connectivity index (χ3v) is 3.47. The Labute approximate surface area is 107 Å². The van der Waals surface area contributed by atoms with Gasteiger partial charge in [0.15, 0.2) is 11.5 Å². The molecule has 0 unspecified atom stereocenters. The third-order valence-electron chi connectivity index (χ3n) is 3.47. The molecule has 1 saturated carbocycles. The van der Waals surface area contributed by atoms with Gasteiger partial charge in [0.1, 0.15) is 13.2 Å². The number of aliphatic hydroxyl groups excluding tert-OH is 1. The summed E-state index contributed by atoms with van der Waals surface area (Å²) in [4.78, 5) is 2.33. The SMILES string of the molecule is OCCN(Cc1cccc2c1OCCO2)C1CC1. The van der Waals surface area contributed by atoms with E-state index in [-0.39, 0.29) is 6.61 Å². The van der Waals surface area contributed by atoms with Crippen molar-refractivity contribution in [1.82, 2.24) is 4.90 Å². The largest absolute Gasteiger partial charge is 0.486 e. The second kappa shape index (κ2) is 5.16. The predicted molar refractivity (Wildman–Crippen MR) is 67.9 cm³/mol. The van der Waals surface area contributed by atoms with Gasteiger partial charge in [0.2, 0.25) is 0 Å². The van der Waals surface area contributed by atoms with Crippen LogP contribution < -0.4 is 9.47 Å². The molecule has 1 aromatic carbocycles. The van der Waals surface area contributed by atoms with Crippen molar-refractivity contribution in [1.29, 1.82) is 0 Å². The Hall–Kier alpha value is -1.26. The molecular formula is C14H19NO3. The van der Waals surface area contributed by atoms with E-state index in [9.17, 15) is 0 Å². The molecule has 98 valence electrons. The third kappa shape index (κ3) is 2.44. The summed E-state index contributed by atoms with van der Waals surface area (Å²) in [6.45, 7) is 3.02. The molecule has 1 heterocycles. The molecule has 1 aliphatic heterocycles. The number of hydrogen-bond acceptors (Lipinski definition) is 4. The van der Waals surface area contributed by atoms with Crippen LogP contribution in [0.4, 0.5) is 0 Å². The fraction of sp³-hybridized carbons (Fsp3) is 0.571. The molecule has 0 amide bonds. The van der Waals surface area contributed by atoms with Gasteiger partial charge >= 0.3 is 0 Å². The van der Waals surface area contributed by atoms with Crippen LogP contribution in [0.3, 0.4) is 0 Å². The first kappa shape index (κ1) is 11.8. The highest BCUT2D eigenvalue weighted by atomic mass is 16.6. The van der Waals surface area contributed by atoms with E-state index in [4.69, 9.17) is 14.6 Å². The summed E-state index contributed by atoms with van der Waals surface area (Å²) in [6, 6.07) is 6.68. The Morgan fingerprint density at radius 3 is 2.83 bits per heavy atom. The molecule has 2 aliphatic rings. The van der Waals surface area contributed by atoms with Crippen molar-refractivity contribution in [3.63, 3.8) is 0 Å². The average Bonchev–Trinajstić information content (AvgIpc) is 3.23. The molecule has 0 atom stereocenters. The van der Waals surface area contributed by atoms with Crippen molar-refractivity contribution in [2.75, 3.05) is 26.4 Å². The van der Waals surface area contributed by atoms with Gasteiger partial charge in [0.05, 0.1) is 6.61 Å². The first-order valence-electron chi connectivity index (χ1n) is 6.61. The minimum absolute atomic E-state index is 0.211. The van der Waals surface area contributed by atoms with E-state index in [1.54, 1.807) is 0 Å². The van der Waals surface area contributed by atoms with Crippen LogP contribution in [0, 0.1) is 0 Å². The van der Waals surface area contributed by atoms with Crippen molar-refractivity contribution in [3.05, 3.63) is 23.8 Å². The molecular weight excluding hydrogens is 230 g/mol. The molecule has 1 aliphatic carbocycles. The number of rotatable bonds is 5. The summed E-state index contributed by atoms with van der Waals surface area (Å²) in [6.07, 6.45) is 2.48. The number of ether oxygens (including phenoxy) is 2. The average molecular weight is 249 g/mol. The van der Waals surface area contributed by atoms with Crippen LogP contribution in [-0.2, 0) is 6.54 Å². The summed E-state index contributed by atoms with van der Waals surface area (Å²) in [5, 5.41) is 9.13. The molecule has 0 radical (unpaired) electrons. The normalized spacial score (nSPS) is 18.1. The highest BCUT2D eigenvalue weighted by molar-refractivity contribution is 5.47. The van der Waals surface area contributed by atoms with Gasteiger partial charge in [-0.3, -0.25) is 4.90 Å². The molecule has 0 bridgehead atoms. The molecule has 0 saturated heterocycles. The zero-order valence-corrected chi connectivity index (χ0v) is 10.5. The molecule has 1 aromatic rings. The fourth-order valence-electron chi connectivity index (χ4n) is 2.44. The standard InChI is InChI=1S/C14H19NO3/c16-7-6-15(12-4-5-12)10-11-2-1-3-13-14(11)18-9-8-17-13/h1-3,12,16H,4-10H2. The van der Waals surface area contributed by atoms with Crippen molar-refractivity contribution in [3.8, 4) is 11.5 Å². The number of para-hydroxylation sites is 1. The van der Waals surface area contributed by atoms with Gasteiger partial charge in [-0.05, 0) is 18.9 Å². The van der Waals surface area contributed by atoms with E-state index in [2.05, 4.69) is 11.0 Å². The summed E-state index contributed by atoms with van der Waals surface area (Å²) in [7, 11) is 0. The van der Waals surface area contributed by atoms with Crippen LogP contribution in [-0.4, -0.2) is 42.4 Å². The van der Waals surface area contributed by atoms with E-state index >= 15 is 0 Å². The van der Waals surface area contributed by atoms with Crippen LogP contribution >= 0.6 is 0 Å². The first-order chi connectivity index (χ1) is 8.88. The summed E-state index contributed by atoms with van der Waals surface area (Å²) in [5.74, 6) is 1.73. The van der Waals surface area contributed by atoms with Crippen molar-refractivity contribution in [2.24, 2.45) is 0 Å². The number of nitrogens with zero attached hydrogens (tertiary/aromatic N) is 1. The van der Waals surface area contributed by atoms with Crippen LogP contribution in [0.1, 0.15) is 18.4 Å². The maximum Gasteiger partial charge on any atom is 0.165 e. The Balaban J connectivity index is 1.78. The smallest absolute Gasteiger partial charge is 0.165 e. The quantitative estimate of drug-likeness (QED) is 0.857. The number of benzene rings is 1. The van der Waals surface area contributed by atoms with Crippen molar-refractivity contribution >= 4 is 0 Å². The lowest BCUT2D eigenvalue weighted by Crippen LogP contribution is -2.29. The fourth-order valence-corrected chi connectivity index (χ4v) is 2.44. The second-order valence-corrected chi connectivity index (χ2v) is 4.87. The molecule has 3 rings (SSSR count). The van der Waals surface area contributed by atoms with E-state index in [1.807, 2.05) is 12.1 Å². The molecule has 1 N–H and O–H groups in total. The Bertz CT molecular complexity index is 418. The van der Waals surface area contributed by atoms with Crippen molar-refractivity contribution in [2.45, 2.75) is 25.4 Å². The molecule has 0 aromatic heterocycles. The van der Waals surface area contributed by atoms with Crippen LogP contribution in [0.25, 0.3) is 0 Å². The monoisotopic (exact) mass is 249 g/mol. The molecule has 1 fully saturated rings. The van der Waals surface area contributed by atoms with Crippen molar-refractivity contribution < 1.29 is 14.6 Å². The zero-order chi connectivity index (χ0) is 12.4. The summed E-state index contributed by atoms with van der Waals surface area (Å²) >= 11 is 0. The van der Waals surface area contributed by atoms with E-state index in [0.29, 0.717) is 19.3 Å². The Morgan fingerprint density at radius 2 is 2.06 bits per heavy atom. The summed E-state index contributed by atoms with van der Waals surface area (Å²) in [5.41, 5.74) is 1.16. The van der Waals surface area contributed by atoms with Gasteiger partial charge in [-0.1, -0.05) is 12.1 Å². The maximum atomic E-state index is 9.13. The zero-order valence-electron chi connectivity index (χ0n) is 10.5. The van der Waals surface area contributed by atoms with Gasteiger partial charge in [0, 0.05) is 24.7 Å². The van der Waals surface area contributed by atoms with Crippen LogP contribution in [0.5, 0.6) is 11.5 Å². The highest BCUT2D eigenvalue weighted by Gasteiger charge is 2.29. The lowest BCUT2D eigenvalue weighted by Gasteiger charge is -2.25. The Morgan fingerprint density at radius 1 is 1.22 bits per heavy atom. The van der Waals surface area contributed by atoms with Crippen LogP contribution in [0.15, 0.2) is 18.2 Å². The van der Waals surface area contributed by atoms with E-state index in [0.717, 1.165) is 30.2 Å². The maximum absolute atomic E-state index is 9.13. The van der Waals surface area contributed by atoms with Gasteiger partial charge in [0.25, 0.3) is 0 Å². The van der Waals surface area contributed by atoms with Crippen LogP contribution in [0.2, 0.25) is 0 Å². The van der Waals surface area contributed by atoms with Gasteiger partial charge in [-0.2, -0.15) is 0 Å². The molecule has 0 spiro atoms. The van der Waals surface area contributed by atoms with Gasteiger partial charge < -0.3 is 14.6 Å². The number of fused-ring (bicyclic) bond motifs is 1. The molecule has 4 nitrogen and oxygen atoms in total. The predicted octanol–water partition coefficient (Wildman–Crippen LogP) is 1.41. The minimum Gasteiger partial charge on any atom is -0.486 e. The molecule has 4 heteroatoms. The lowest BCUT2D eigenvalue weighted by molar-refractivity contribution is 0.159. The second-order valence-electron chi connectivity index (χ2n) is 4.87. The van der Waals surface area contributed by atoms with E-state index < -0.39 is 0 Å². The van der Waals surface area contributed by atoms with Gasteiger partial charge in [-0.15, -0.1) is 0 Å². The Kier molecular flexibility index (Phi) is 3.39. The lowest BCUT2D eigenvalue weighted by atomic mass is 10.1.